The van der Waals surface area contributed by atoms with Gasteiger partial charge in [-0.3, -0.25) is 9.88 Å². The maximum Gasteiger partial charge on any atom is 0.115 e. The van der Waals surface area contributed by atoms with E-state index in [0.29, 0.717) is 5.75 Å². The number of aromatic nitrogens is 1. The monoisotopic (exact) mass is 254 g/mol. The summed E-state index contributed by atoms with van der Waals surface area (Å²) in [4.78, 5) is 6.81. The lowest BCUT2D eigenvalue weighted by Crippen LogP contribution is -2.18. The molecule has 1 saturated heterocycles. The molecule has 1 N–H and O–H groups in total. The van der Waals surface area contributed by atoms with Gasteiger partial charge in [0.15, 0.2) is 0 Å². The first-order valence-corrected chi connectivity index (χ1v) is 6.77. The molecule has 0 atom stereocenters. The molecule has 3 nitrogen and oxygen atoms in total. The molecule has 0 aliphatic carbocycles. The Kier molecular flexibility index (Phi) is 3.47. The second-order valence-electron chi connectivity index (χ2n) is 5.11. The number of likely N-dealkylation sites (tertiary alicyclic amines) is 1. The van der Waals surface area contributed by atoms with Gasteiger partial charge in [0.25, 0.3) is 0 Å². The molecule has 1 aromatic carbocycles. The first kappa shape index (κ1) is 12.2. The summed E-state index contributed by atoms with van der Waals surface area (Å²) in [7, 11) is 0. The molecule has 2 aromatic rings. The van der Waals surface area contributed by atoms with Crippen molar-refractivity contribution in [3.8, 4) is 16.9 Å². The van der Waals surface area contributed by atoms with Crippen LogP contribution in [-0.2, 0) is 6.54 Å². The average Bonchev–Trinajstić information content (AvgIpc) is 2.93. The van der Waals surface area contributed by atoms with E-state index in [0.717, 1.165) is 17.7 Å². The van der Waals surface area contributed by atoms with Crippen LogP contribution in [0.4, 0.5) is 0 Å². The highest BCUT2D eigenvalue weighted by Gasteiger charge is 2.12. The summed E-state index contributed by atoms with van der Waals surface area (Å²) >= 11 is 0. The molecule has 98 valence electrons. The number of nitrogens with zero attached hydrogens (tertiary/aromatic N) is 2. The molecule has 2 heterocycles. The average molecular weight is 254 g/mol. The van der Waals surface area contributed by atoms with E-state index in [1.165, 1.54) is 31.5 Å². The fourth-order valence-electron chi connectivity index (χ4n) is 2.58. The molecule has 0 bridgehead atoms. The molecule has 0 spiro atoms. The van der Waals surface area contributed by atoms with Crippen LogP contribution in [0.25, 0.3) is 11.1 Å². The summed E-state index contributed by atoms with van der Waals surface area (Å²) in [5, 5.41) is 9.33. The summed E-state index contributed by atoms with van der Waals surface area (Å²) in [5.41, 5.74) is 3.46. The Morgan fingerprint density at radius 3 is 2.47 bits per heavy atom. The highest BCUT2D eigenvalue weighted by Crippen LogP contribution is 2.22. The molecular weight excluding hydrogens is 236 g/mol. The quantitative estimate of drug-likeness (QED) is 0.914. The van der Waals surface area contributed by atoms with Gasteiger partial charge in [-0.2, -0.15) is 0 Å². The molecule has 1 fully saturated rings. The van der Waals surface area contributed by atoms with E-state index in [-0.39, 0.29) is 0 Å². The highest BCUT2D eigenvalue weighted by molar-refractivity contribution is 5.63. The molecule has 19 heavy (non-hydrogen) atoms. The summed E-state index contributed by atoms with van der Waals surface area (Å²) in [6, 6.07) is 9.46. The molecular formula is C16H18N2O. The molecule has 0 amide bonds. The third-order valence-electron chi connectivity index (χ3n) is 3.60. The van der Waals surface area contributed by atoms with Gasteiger partial charge in [0.1, 0.15) is 5.75 Å². The number of phenolic OH excluding ortho intramolecular Hbond substituents is 1. The van der Waals surface area contributed by atoms with Gasteiger partial charge < -0.3 is 5.11 Å². The predicted molar refractivity (Wildman–Crippen MR) is 75.8 cm³/mol. The van der Waals surface area contributed by atoms with Crippen LogP contribution in [0.2, 0.25) is 0 Å². The Bertz CT molecular complexity index is 545. The number of benzene rings is 1. The normalized spacial score (nSPS) is 15.8. The fourth-order valence-corrected chi connectivity index (χ4v) is 2.58. The molecule has 1 aromatic heterocycles. The lowest BCUT2D eigenvalue weighted by Gasteiger charge is -2.14. The van der Waals surface area contributed by atoms with Crippen molar-refractivity contribution >= 4 is 0 Å². The van der Waals surface area contributed by atoms with Gasteiger partial charge >= 0.3 is 0 Å². The molecule has 0 unspecified atom stereocenters. The number of rotatable bonds is 3. The van der Waals surface area contributed by atoms with Crippen molar-refractivity contribution < 1.29 is 5.11 Å². The van der Waals surface area contributed by atoms with Crippen LogP contribution in [0, 0.1) is 0 Å². The smallest absolute Gasteiger partial charge is 0.115 e. The number of phenols is 1. The van der Waals surface area contributed by atoms with E-state index in [9.17, 15) is 5.11 Å². The van der Waals surface area contributed by atoms with Crippen LogP contribution in [0.1, 0.15) is 18.4 Å². The van der Waals surface area contributed by atoms with Crippen molar-refractivity contribution in [2.75, 3.05) is 13.1 Å². The zero-order chi connectivity index (χ0) is 13.1. The number of aromatic hydroxyl groups is 1. The standard InChI is InChI=1S/C16H18N2O/c19-16-5-3-14(4-6-16)15-9-13(10-17-11-15)12-18-7-1-2-8-18/h3-6,9-11,19H,1-2,7-8,12H2. The Morgan fingerprint density at radius 1 is 1.00 bits per heavy atom. The van der Waals surface area contributed by atoms with E-state index in [4.69, 9.17) is 0 Å². The highest BCUT2D eigenvalue weighted by atomic mass is 16.3. The largest absolute Gasteiger partial charge is 0.508 e. The van der Waals surface area contributed by atoms with Crippen molar-refractivity contribution in [3.63, 3.8) is 0 Å². The van der Waals surface area contributed by atoms with E-state index in [1.807, 2.05) is 24.5 Å². The number of hydrogen-bond donors (Lipinski definition) is 1. The van der Waals surface area contributed by atoms with Crippen molar-refractivity contribution in [3.05, 3.63) is 48.3 Å². The Morgan fingerprint density at radius 2 is 1.74 bits per heavy atom. The molecule has 0 radical (unpaired) electrons. The van der Waals surface area contributed by atoms with Crippen LogP contribution in [0.3, 0.4) is 0 Å². The van der Waals surface area contributed by atoms with Crippen molar-refractivity contribution in [1.82, 2.24) is 9.88 Å². The van der Waals surface area contributed by atoms with E-state index in [1.54, 1.807) is 12.1 Å². The fraction of sp³-hybridized carbons (Fsp3) is 0.312. The third-order valence-corrected chi connectivity index (χ3v) is 3.60. The topological polar surface area (TPSA) is 36.4 Å². The molecule has 0 saturated carbocycles. The van der Waals surface area contributed by atoms with Crippen molar-refractivity contribution in [1.29, 1.82) is 0 Å². The lowest BCUT2D eigenvalue weighted by atomic mass is 10.1. The molecule has 3 rings (SSSR count). The Labute approximate surface area is 113 Å². The van der Waals surface area contributed by atoms with Crippen LogP contribution in [0.15, 0.2) is 42.7 Å². The van der Waals surface area contributed by atoms with Gasteiger partial charge in [0.2, 0.25) is 0 Å². The first-order valence-electron chi connectivity index (χ1n) is 6.77. The maximum absolute atomic E-state index is 9.33. The summed E-state index contributed by atoms with van der Waals surface area (Å²) in [5.74, 6) is 0.296. The number of hydrogen-bond acceptors (Lipinski definition) is 3. The summed E-state index contributed by atoms with van der Waals surface area (Å²) in [6.45, 7) is 3.38. The van der Waals surface area contributed by atoms with Gasteiger partial charge in [-0.25, -0.2) is 0 Å². The van der Waals surface area contributed by atoms with Gasteiger partial charge in [0.05, 0.1) is 0 Å². The first-order chi connectivity index (χ1) is 9.31. The van der Waals surface area contributed by atoms with Gasteiger partial charge in [-0.15, -0.1) is 0 Å². The minimum Gasteiger partial charge on any atom is -0.508 e. The van der Waals surface area contributed by atoms with Crippen LogP contribution >= 0.6 is 0 Å². The zero-order valence-corrected chi connectivity index (χ0v) is 10.9. The molecule has 3 heteroatoms. The lowest BCUT2D eigenvalue weighted by molar-refractivity contribution is 0.331. The Balaban J connectivity index is 1.80. The van der Waals surface area contributed by atoms with E-state index >= 15 is 0 Å². The maximum atomic E-state index is 9.33. The second-order valence-corrected chi connectivity index (χ2v) is 5.11. The summed E-state index contributed by atoms with van der Waals surface area (Å²) in [6.07, 6.45) is 6.44. The third kappa shape index (κ3) is 2.93. The van der Waals surface area contributed by atoms with Crippen LogP contribution in [-0.4, -0.2) is 28.1 Å². The van der Waals surface area contributed by atoms with E-state index < -0.39 is 0 Å². The van der Waals surface area contributed by atoms with Crippen molar-refractivity contribution in [2.45, 2.75) is 19.4 Å². The second kappa shape index (κ2) is 5.41. The summed E-state index contributed by atoms with van der Waals surface area (Å²) < 4.78 is 0. The molecule has 1 aliphatic heterocycles. The zero-order valence-electron chi connectivity index (χ0n) is 10.9. The minimum atomic E-state index is 0.296. The Hall–Kier alpha value is -1.87. The SMILES string of the molecule is Oc1ccc(-c2cncc(CN3CCCC3)c2)cc1. The van der Waals surface area contributed by atoms with Crippen molar-refractivity contribution in [2.24, 2.45) is 0 Å². The minimum absolute atomic E-state index is 0.296. The van der Waals surface area contributed by atoms with Gasteiger partial charge in [-0.1, -0.05) is 12.1 Å². The van der Waals surface area contributed by atoms with Gasteiger partial charge in [-0.05, 0) is 55.3 Å². The predicted octanol–water partition coefficient (Wildman–Crippen LogP) is 3.05. The van der Waals surface area contributed by atoms with Gasteiger partial charge in [0, 0.05) is 24.5 Å². The van der Waals surface area contributed by atoms with E-state index in [2.05, 4.69) is 16.0 Å². The van der Waals surface area contributed by atoms with Crippen LogP contribution < -0.4 is 0 Å². The van der Waals surface area contributed by atoms with Crippen LogP contribution in [0.5, 0.6) is 5.75 Å². The number of pyridine rings is 1. The molecule has 1 aliphatic rings.